The number of hydrogen-bond donors (Lipinski definition) is 1. The van der Waals surface area contributed by atoms with Crippen molar-refractivity contribution < 1.29 is 1.43 Å². The van der Waals surface area contributed by atoms with Gasteiger partial charge in [0.25, 0.3) is 0 Å². The molecule has 1 nitrogen and oxygen atoms in total. The predicted octanol–water partition coefficient (Wildman–Crippen LogP) is 5.88. The summed E-state index contributed by atoms with van der Waals surface area (Å²) < 4.78 is 0. The van der Waals surface area contributed by atoms with Crippen molar-refractivity contribution in [3.63, 3.8) is 0 Å². The molecule has 3 rings (SSSR count). The van der Waals surface area contributed by atoms with Crippen LogP contribution in [0.1, 0.15) is 34.5 Å². The van der Waals surface area contributed by atoms with E-state index in [2.05, 4.69) is 74.9 Å². The van der Waals surface area contributed by atoms with Gasteiger partial charge in [0.05, 0.1) is 6.04 Å². The van der Waals surface area contributed by atoms with Crippen LogP contribution in [-0.4, -0.2) is 6.04 Å². The van der Waals surface area contributed by atoms with Crippen molar-refractivity contribution in [2.24, 2.45) is 11.8 Å². The fourth-order valence-corrected chi connectivity index (χ4v) is 3.48. The van der Waals surface area contributed by atoms with E-state index in [0.717, 1.165) is 12.8 Å². The zero-order valence-electron chi connectivity index (χ0n) is 14.5. The van der Waals surface area contributed by atoms with Gasteiger partial charge in [-0.1, -0.05) is 82.0 Å². The Morgan fingerprint density at radius 3 is 2.83 bits per heavy atom. The number of rotatable bonds is 3. The van der Waals surface area contributed by atoms with Crippen LogP contribution >= 0.6 is 0 Å². The van der Waals surface area contributed by atoms with E-state index in [4.69, 9.17) is 0 Å². The average Bonchev–Trinajstić information content (AvgIpc) is 2.92. The quantitative estimate of drug-likeness (QED) is 0.507. The largest absolute Gasteiger partial charge is 0.378 e. The lowest BCUT2D eigenvalue weighted by Crippen LogP contribution is -2.45. The highest BCUT2D eigenvalue weighted by atomic mass is 15.0. The first-order chi connectivity index (χ1) is 11.3. The summed E-state index contributed by atoms with van der Waals surface area (Å²) in [7, 11) is 0. The normalized spacial score (nSPS) is 28.1. The van der Waals surface area contributed by atoms with Crippen molar-refractivity contribution in [3.8, 4) is 0 Å². The van der Waals surface area contributed by atoms with Gasteiger partial charge in [-0.05, 0) is 36.0 Å². The topological polar surface area (TPSA) is 12.0 Å². The highest BCUT2D eigenvalue weighted by molar-refractivity contribution is 5.46. The van der Waals surface area contributed by atoms with Gasteiger partial charge in [-0.3, -0.25) is 0 Å². The Bertz CT molecular complexity index is 589. The first kappa shape index (κ1) is 17.3. The van der Waals surface area contributed by atoms with Gasteiger partial charge >= 0.3 is 0 Å². The minimum Gasteiger partial charge on any atom is -0.378 e. The molecule has 0 spiro atoms. The molecular weight excluding hydrogens is 278 g/mol. The van der Waals surface area contributed by atoms with Crippen LogP contribution in [0.5, 0.6) is 0 Å². The van der Waals surface area contributed by atoms with Gasteiger partial charge in [-0.15, -0.1) is 0 Å². The lowest BCUT2D eigenvalue weighted by atomic mass is 9.75. The fraction of sp³-hybridized carbons (Fsp3) is 0.364. The molecule has 124 valence electrons. The molecule has 3 aliphatic rings. The van der Waals surface area contributed by atoms with Crippen LogP contribution in [0.2, 0.25) is 0 Å². The second-order valence-corrected chi connectivity index (χ2v) is 6.19. The molecule has 1 heteroatoms. The van der Waals surface area contributed by atoms with E-state index in [1.807, 2.05) is 12.2 Å². The molecule has 0 amide bonds. The first-order valence-electron chi connectivity index (χ1n) is 8.72. The number of fused-ring (bicyclic) bond motifs is 3. The van der Waals surface area contributed by atoms with E-state index >= 15 is 0 Å². The average molecular weight is 309 g/mol. The maximum Gasteiger partial charge on any atom is 0.0553 e. The van der Waals surface area contributed by atoms with Gasteiger partial charge in [0.2, 0.25) is 0 Å². The van der Waals surface area contributed by atoms with Gasteiger partial charge in [0, 0.05) is 13.0 Å². The summed E-state index contributed by atoms with van der Waals surface area (Å²) in [4.78, 5) is 0. The smallest absolute Gasteiger partial charge is 0.0553 e. The van der Waals surface area contributed by atoms with Crippen molar-refractivity contribution in [3.05, 3.63) is 84.7 Å². The van der Waals surface area contributed by atoms with Crippen molar-refractivity contribution in [2.75, 3.05) is 0 Å². The second-order valence-electron chi connectivity index (χ2n) is 6.19. The number of nitrogens with one attached hydrogen (secondary N) is 1. The zero-order valence-corrected chi connectivity index (χ0v) is 14.5. The minimum atomic E-state index is 0. The highest BCUT2D eigenvalue weighted by Gasteiger charge is 2.39. The Morgan fingerprint density at radius 2 is 2.13 bits per heavy atom. The van der Waals surface area contributed by atoms with E-state index in [9.17, 15) is 0 Å². The maximum absolute atomic E-state index is 3.97. The molecule has 1 N–H and O–H groups in total. The molecule has 3 atom stereocenters. The lowest BCUT2D eigenvalue weighted by Gasteiger charge is -2.39. The molecule has 0 bridgehead atoms. The Morgan fingerprint density at radius 1 is 1.35 bits per heavy atom. The summed E-state index contributed by atoms with van der Waals surface area (Å²) in [5.41, 5.74) is 3.94. The zero-order chi connectivity index (χ0) is 16.7. The van der Waals surface area contributed by atoms with Gasteiger partial charge in [0.15, 0.2) is 0 Å². The molecule has 1 heterocycles. The molecule has 1 aliphatic heterocycles. The van der Waals surface area contributed by atoms with Gasteiger partial charge in [0.1, 0.15) is 0 Å². The Balaban J connectivity index is 0.000000671. The van der Waals surface area contributed by atoms with Gasteiger partial charge < -0.3 is 5.32 Å². The monoisotopic (exact) mass is 309 g/mol. The van der Waals surface area contributed by atoms with E-state index in [1.165, 1.54) is 23.3 Å². The first-order valence-corrected chi connectivity index (χ1v) is 8.72. The standard InChI is InChI=1S/C19H21N.C3H8.H2/c1-3-9-14(4-2)19-17-12-8-11-15(17)16-10-6-5-7-13-18(16)20-19;1-3-2;/h3-5,7-11,13,15,17,19-20H,1-2,6,12H2;3H2,1-2H3;1H/b14-9+;;/t15-,17-,19-;;/m1../s1. The number of piperidine rings is 1. The van der Waals surface area contributed by atoms with Crippen LogP contribution in [0.4, 0.5) is 0 Å². The van der Waals surface area contributed by atoms with E-state index in [-0.39, 0.29) is 1.43 Å². The van der Waals surface area contributed by atoms with Crippen LogP contribution in [0.15, 0.2) is 84.7 Å². The lowest BCUT2D eigenvalue weighted by molar-refractivity contribution is 0.349. The van der Waals surface area contributed by atoms with Crippen molar-refractivity contribution in [2.45, 2.75) is 39.2 Å². The Hall–Kier alpha value is -2.02. The molecule has 0 aromatic rings. The molecule has 0 saturated carbocycles. The third-order valence-corrected chi connectivity index (χ3v) is 4.40. The minimum absolute atomic E-state index is 0. The van der Waals surface area contributed by atoms with Crippen molar-refractivity contribution in [1.82, 2.24) is 5.32 Å². The maximum atomic E-state index is 3.97. The summed E-state index contributed by atoms with van der Waals surface area (Å²) in [5.74, 6) is 1.11. The van der Waals surface area contributed by atoms with E-state index in [0.29, 0.717) is 17.9 Å². The number of allylic oxidation sites excluding steroid dienone is 9. The van der Waals surface area contributed by atoms with Crippen LogP contribution in [0.25, 0.3) is 0 Å². The fourth-order valence-electron chi connectivity index (χ4n) is 3.48. The van der Waals surface area contributed by atoms with Crippen LogP contribution in [-0.2, 0) is 0 Å². The van der Waals surface area contributed by atoms with Crippen molar-refractivity contribution in [1.29, 1.82) is 0 Å². The third-order valence-electron chi connectivity index (χ3n) is 4.40. The number of hydrogen-bond acceptors (Lipinski definition) is 1. The van der Waals surface area contributed by atoms with E-state index in [1.54, 1.807) is 0 Å². The molecule has 0 aromatic carbocycles. The van der Waals surface area contributed by atoms with Crippen LogP contribution in [0.3, 0.4) is 0 Å². The molecule has 0 aromatic heterocycles. The summed E-state index contributed by atoms with van der Waals surface area (Å²) in [6.45, 7) is 12.0. The summed E-state index contributed by atoms with van der Waals surface area (Å²) in [5, 5.41) is 3.72. The molecule has 1 saturated heterocycles. The SMILES string of the molecule is C=C/C=C(\C=C)[C@H]1NC2=CC=CCC=C2[C@H]2C=CC[C@H]21.CCC.[HH]. The summed E-state index contributed by atoms with van der Waals surface area (Å²) >= 11 is 0. The molecule has 0 unspecified atom stereocenters. The summed E-state index contributed by atoms with van der Waals surface area (Å²) in [6, 6.07) is 0.320. The Kier molecular flexibility index (Phi) is 6.46. The van der Waals surface area contributed by atoms with Crippen LogP contribution in [0, 0.1) is 11.8 Å². The molecular formula is C22H31N. The molecule has 2 aliphatic carbocycles. The van der Waals surface area contributed by atoms with Crippen LogP contribution < -0.4 is 5.32 Å². The van der Waals surface area contributed by atoms with Crippen molar-refractivity contribution >= 4 is 0 Å². The molecule has 0 radical (unpaired) electrons. The van der Waals surface area contributed by atoms with Gasteiger partial charge in [-0.25, -0.2) is 0 Å². The summed E-state index contributed by atoms with van der Waals surface area (Å²) in [6.07, 6.45) is 22.9. The Labute approximate surface area is 143 Å². The van der Waals surface area contributed by atoms with Gasteiger partial charge in [-0.2, -0.15) is 0 Å². The van der Waals surface area contributed by atoms with E-state index < -0.39 is 0 Å². The predicted molar refractivity (Wildman–Crippen MR) is 104 cm³/mol. The third kappa shape index (κ3) is 3.85. The highest BCUT2D eigenvalue weighted by Crippen LogP contribution is 2.43. The second kappa shape index (κ2) is 8.57. The molecule has 23 heavy (non-hydrogen) atoms. The molecule has 1 fully saturated rings.